The lowest BCUT2D eigenvalue weighted by atomic mass is 9.88. The molecule has 41 heavy (non-hydrogen) atoms. The molecule has 3 aromatic carbocycles. The van der Waals surface area contributed by atoms with Crippen molar-refractivity contribution >= 4 is 44.9 Å². The van der Waals surface area contributed by atoms with Crippen molar-refractivity contribution in [2.45, 2.75) is 63.6 Å². The molecule has 0 aromatic heterocycles. The average Bonchev–Trinajstić information content (AvgIpc) is 2.92. The number of halogens is 2. The predicted octanol–water partition coefficient (Wildman–Crippen LogP) is 7.23. The monoisotopic (exact) mass is 612 g/mol. The molecule has 3 atom stereocenters. The Morgan fingerprint density at radius 2 is 1.63 bits per heavy atom. The fraction of sp³-hybridized carbons (Fsp3) is 0.312. The van der Waals surface area contributed by atoms with Gasteiger partial charge in [-0.25, -0.2) is 8.42 Å². The minimum Gasteiger partial charge on any atom is -0.342 e. The first-order chi connectivity index (χ1) is 19.4. The third kappa shape index (κ3) is 6.92. The van der Waals surface area contributed by atoms with E-state index in [4.69, 9.17) is 23.2 Å². The highest BCUT2D eigenvalue weighted by atomic mass is 35.5. The molecule has 0 bridgehead atoms. The van der Waals surface area contributed by atoms with Crippen LogP contribution in [0.25, 0.3) is 0 Å². The van der Waals surface area contributed by atoms with Crippen molar-refractivity contribution in [1.29, 1.82) is 0 Å². The van der Waals surface area contributed by atoms with E-state index in [0.717, 1.165) is 5.56 Å². The predicted molar refractivity (Wildman–Crippen MR) is 163 cm³/mol. The smallest absolute Gasteiger partial charge is 0.249 e. The molecule has 0 fully saturated rings. The van der Waals surface area contributed by atoms with Crippen LogP contribution in [0.4, 0.5) is 0 Å². The standard InChI is InChI=1S/C32H34Cl2N2O4S/c1-20(2)18-28(22(4)37)35-32(38)27-16-17-29(23-12-14-25(33)15-13-23)36(31(27)24-9-7-10-26(34)19-24)41(39,40)30-11-6-5-8-21(30)3/h5-16,19-20,28-29,31H,17-18H2,1-4H3,(H,35,38)/t28-,29-,31-/m0/s1. The number of benzene rings is 3. The summed E-state index contributed by atoms with van der Waals surface area (Å²) in [6, 6.07) is 18.3. The molecule has 0 spiro atoms. The summed E-state index contributed by atoms with van der Waals surface area (Å²) >= 11 is 12.6. The largest absolute Gasteiger partial charge is 0.342 e. The maximum Gasteiger partial charge on any atom is 0.249 e. The number of ketones is 1. The van der Waals surface area contributed by atoms with E-state index in [1.54, 1.807) is 85.8 Å². The second-order valence-electron chi connectivity index (χ2n) is 10.8. The molecule has 3 aromatic rings. The van der Waals surface area contributed by atoms with Crippen molar-refractivity contribution in [3.63, 3.8) is 0 Å². The molecule has 1 aliphatic rings. The van der Waals surface area contributed by atoms with Gasteiger partial charge in [-0.3, -0.25) is 9.59 Å². The first-order valence-corrected chi connectivity index (χ1v) is 15.7. The van der Waals surface area contributed by atoms with Crippen molar-refractivity contribution in [2.75, 3.05) is 0 Å². The highest BCUT2D eigenvalue weighted by Gasteiger charge is 2.45. The lowest BCUT2D eigenvalue weighted by Crippen LogP contribution is -2.47. The van der Waals surface area contributed by atoms with E-state index in [9.17, 15) is 18.0 Å². The number of carbonyl (C=O) groups is 2. The van der Waals surface area contributed by atoms with Gasteiger partial charge in [0.1, 0.15) is 0 Å². The number of sulfonamides is 1. The topological polar surface area (TPSA) is 83.6 Å². The summed E-state index contributed by atoms with van der Waals surface area (Å²) < 4.78 is 30.7. The third-order valence-electron chi connectivity index (χ3n) is 7.25. The molecule has 1 aliphatic heterocycles. The Morgan fingerprint density at radius 1 is 0.951 bits per heavy atom. The van der Waals surface area contributed by atoms with Crippen molar-refractivity contribution < 1.29 is 18.0 Å². The van der Waals surface area contributed by atoms with Crippen LogP contribution >= 0.6 is 23.2 Å². The molecule has 4 rings (SSSR count). The van der Waals surface area contributed by atoms with Gasteiger partial charge in [-0.2, -0.15) is 4.31 Å². The maximum absolute atomic E-state index is 14.6. The normalized spacial score (nSPS) is 18.6. The summed E-state index contributed by atoms with van der Waals surface area (Å²) in [6.07, 6.45) is 2.48. The summed E-state index contributed by atoms with van der Waals surface area (Å²) in [5.74, 6) is -0.484. The van der Waals surface area contributed by atoms with Crippen molar-refractivity contribution in [1.82, 2.24) is 9.62 Å². The number of hydrogen-bond donors (Lipinski definition) is 1. The second-order valence-corrected chi connectivity index (χ2v) is 13.5. The Morgan fingerprint density at radius 3 is 2.24 bits per heavy atom. The van der Waals surface area contributed by atoms with E-state index in [1.165, 1.54) is 11.2 Å². The van der Waals surface area contributed by atoms with Crippen LogP contribution in [0.1, 0.15) is 62.4 Å². The Kier molecular flexibility index (Phi) is 9.75. The van der Waals surface area contributed by atoms with E-state index in [-0.39, 0.29) is 28.6 Å². The highest BCUT2D eigenvalue weighted by molar-refractivity contribution is 7.89. The molecular formula is C32H34Cl2N2O4S. The summed E-state index contributed by atoms with van der Waals surface area (Å²) in [5.41, 5.74) is 2.10. The van der Waals surface area contributed by atoms with Crippen molar-refractivity contribution in [2.24, 2.45) is 5.92 Å². The van der Waals surface area contributed by atoms with Gasteiger partial charge < -0.3 is 5.32 Å². The number of amides is 1. The molecular weight excluding hydrogens is 579 g/mol. The van der Waals surface area contributed by atoms with Gasteiger partial charge in [-0.15, -0.1) is 0 Å². The minimum absolute atomic E-state index is 0.147. The van der Waals surface area contributed by atoms with Crippen LogP contribution in [0, 0.1) is 12.8 Å². The zero-order valence-electron chi connectivity index (χ0n) is 23.5. The molecule has 6 nitrogen and oxygen atoms in total. The fourth-order valence-corrected chi connectivity index (χ4v) is 7.60. The first-order valence-electron chi connectivity index (χ1n) is 13.5. The number of carbonyl (C=O) groups excluding carboxylic acids is 2. The van der Waals surface area contributed by atoms with Crippen LogP contribution in [-0.2, 0) is 19.6 Å². The summed E-state index contributed by atoms with van der Waals surface area (Å²) in [5, 5.41) is 3.82. The van der Waals surface area contributed by atoms with Crippen LogP contribution in [-0.4, -0.2) is 30.5 Å². The minimum atomic E-state index is -4.17. The molecule has 1 heterocycles. The molecule has 9 heteroatoms. The van der Waals surface area contributed by atoms with Crippen LogP contribution < -0.4 is 5.32 Å². The molecule has 1 N–H and O–H groups in total. The lowest BCUT2D eigenvalue weighted by molar-refractivity contribution is -0.125. The fourth-order valence-electron chi connectivity index (χ4n) is 5.26. The zero-order valence-corrected chi connectivity index (χ0v) is 25.8. The summed E-state index contributed by atoms with van der Waals surface area (Å²) in [7, 11) is -4.17. The van der Waals surface area contributed by atoms with Crippen LogP contribution in [0.2, 0.25) is 10.0 Å². The number of Topliss-reactive ketones (excluding diaryl/α,β-unsaturated/α-hetero) is 1. The van der Waals surface area contributed by atoms with Crippen LogP contribution in [0.15, 0.2) is 89.3 Å². The van der Waals surface area contributed by atoms with Gasteiger partial charge >= 0.3 is 0 Å². The van der Waals surface area contributed by atoms with E-state index in [1.807, 2.05) is 13.8 Å². The molecule has 1 amide bonds. The van der Waals surface area contributed by atoms with E-state index < -0.39 is 34.1 Å². The van der Waals surface area contributed by atoms with E-state index in [2.05, 4.69) is 5.32 Å². The second kappa shape index (κ2) is 12.9. The maximum atomic E-state index is 14.6. The van der Waals surface area contributed by atoms with Gasteiger partial charge in [-0.1, -0.05) is 85.6 Å². The highest BCUT2D eigenvalue weighted by Crippen LogP contribution is 2.46. The molecule has 0 radical (unpaired) electrons. The number of aryl methyl sites for hydroxylation is 1. The Bertz CT molecular complexity index is 1570. The number of nitrogens with one attached hydrogen (secondary N) is 1. The van der Waals surface area contributed by atoms with Crippen molar-refractivity contribution in [3.8, 4) is 0 Å². The molecule has 216 valence electrons. The Balaban J connectivity index is 1.94. The SMILES string of the molecule is CC(=O)[C@H](CC(C)C)NC(=O)C1=CC[C@@H](c2ccc(Cl)cc2)N(S(=O)(=O)c2ccccc2C)[C@H]1c1cccc(Cl)c1. The average molecular weight is 614 g/mol. The lowest BCUT2D eigenvalue weighted by Gasteiger charge is -2.41. The van der Waals surface area contributed by atoms with Crippen LogP contribution in [0.5, 0.6) is 0 Å². The summed E-state index contributed by atoms with van der Waals surface area (Å²) in [4.78, 5) is 26.5. The molecule has 0 saturated carbocycles. The summed E-state index contributed by atoms with van der Waals surface area (Å²) in [6.45, 7) is 7.14. The van der Waals surface area contributed by atoms with Crippen LogP contribution in [0.3, 0.4) is 0 Å². The van der Waals surface area contributed by atoms with E-state index in [0.29, 0.717) is 27.6 Å². The van der Waals surface area contributed by atoms with Crippen molar-refractivity contribution in [3.05, 3.63) is 111 Å². The van der Waals surface area contributed by atoms with Gasteiger partial charge in [0.15, 0.2) is 5.78 Å². The first kappa shape index (κ1) is 31.0. The quantitative estimate of drug-likeness (QED) is 0.276. The Labute approximate surface area is 252 Å². The zero-order chi connectivity index (χ0) is 29.9. The van der Waals surface area contributed by atoms with Gasteiger partial charge in [-0.05, 0) is 79.6 Å². The molecule has 0 unspecified atom stereocenters. The van der Waals surface area contributed by atoms with Gasteiger partial charge in [0.2, 0.25) is 15.9 Å². The molecule has 0 aliphatic carbocycles. The number of rotatable bonds is 9. The number of nitrogens with zero attached hydrogens (tertiary/aromatic N) is 1. The van der Waals surface area contributed by atoms with Gasteiger partial charge in [0.05, 0.1) is 23.0 Å². The van der Waals surface area contributed by atoms with E-state index >= 15 is 0 Å². The third-order valence-corrected chi connectivity index (χ3v) is 9.77. The Hall–Kier alpha value is -2.97. The number of hydrogen-bond acceptors (Lipinski definition) is 4. The van der Waals surface area contributed by atoms with Gasteiger partial charge in [0, 0.05) is 15.6 Å². The molecule has 0 saturated heterocycles. The van der Waals surface area contributed by atoms with Gasteiger partial charge in [0.25, 0.3) is 0 Å².